The summed E-state index contributed by atoms with van der Waals surface area (Å²) in [6, 6.07) is 4.46. The maximum absolute atomic E-state index is 13.0. The van der Waals surface area contributed by atoms with E-state index in [-0.39, 0.29) is 17.7 Å². The van der Waals surface area contributed by atoms with E-state index in [0.717, 1.165) is 11.3 Å². The van der Waals surface area contributed by atoms with E-state index in [2.05, 4.69) is 0 Å². The molecule has 0 bridgehead atoms. The maximum atomic E-state index is 13.0. The van der Waals surface area contributed by atoms with Gasteiger partial charge in [-0.2, -0.15) is 0 Å². The van der Waals surface area contributed by atoms with Crippen molar-refractivity contribution >= 4 is 11.7 Å². The number of esters is 1. The first kappa shape index (κ1) is 9.96. The fourth-order valence-corrected chi connectivity index (χ4v) is 1.96. The van der Waals surface area contributed by atoms with Crippen molar-refractivity contribution in [3.63, 3.8) is 0 Å². The summed E-state index contributed by atoms with van der Waals surface area (Å²) in [4.78, 5) is 13.3. The first-order valence-electron chi connectivity index (χ1n) is 4.72. The average Bonchev–Trinajstić information content (AvgIpc) is 2.55. The summed E-state index contributed by atoms with van der Waals surface area (Å²) in [5, 5.41) is 0. The molecule has 1 unspecified atom stereocenters. The number of likely N-dealkylation sites (N-methyl/N-ethyl adjacent to an activating group) is 1. The number of nitrogens with zero attached hydrogens (tertiary/aromatic N) is 1. The smallest absolute Gasteiger partial charge is 0.315 e. The molecular weight excluding hydrogens is 197 g/mol. The fourth-order valence-electron chi connectivity index (χ4n) is 1.96. The molecule has 3 nitrogen and oxygen atoms in total. The van der Waals surface area contributed by atoms with E-state index in [1.807, 2.05) is 11.9 Å². The molecule has 0 amide bonds. The van der Waals surface area contributed by atoms with Gasteiger partial charge < -0.3 is 9.64 Å². The second-order valence-corrected chi connectivity index (χ2v) is 3.66. The molecule has 0 saturated heterocycles. The first-order chi connectivity index (χ1) is 7.13. The number of hydrogen-bond acceptors (Lipinski definition) is 3. The molecule has 0 aliphatic carbocycles. The zero-order valence-corrected chi connectivity index (χ0v) is 8.66. The highest BCUT2D eigenvalue weighted by molar-refractivity contribution is 5.84. The van der Waals surface area contributed by atoms with Gasteiger partial charge in [-0.3, -0.25) is 4.79 Å². The van der Waals surface area contributed by atoms with Crippen molar-refractivity contribution in [3.05, 3.63) is 29.6 Å². The number of ether oxygens (including phenoxy) is 1. The quantitative estimate of drug-likeness (QED) is 0.657. The molecule has 0 spiro atoms. The van der Waals surface area contributed by atoms with E-state index in [0.29, 0.717) is 6.54 Å². The van der Waals surface area contributed by atoms with Crippen molar-refractivity contribution in [3.8, 4) is 0 Å². The molecule has 1 aliphatic heterocycles. The van der Waals surface area contributed by atoms with Gasteiger partial charge in [0.05, 0.1) is 7.11 Å². The molecule has 0 aromatic heterocycles. The molecule has 1 aromatic carbocycles. The predicted molar refractivity (Wildman–Crippen MR) is 54.4 cm³/mol. The number of anilines is 1. The van der Waals surface area contributed by atoms with Crippen LogP contribution in [0, 0.1) is 5.82 Å². The molecule has 15 heavy (non-hydrogen) atoms. The topological polar surface area (TPSA) is 29.5 Å². The average molecular weight is 209 g/mol. The predicted octanol–water partition coefficient (Wildman–Crippen LogP) is 1.53. The van der Waals surface area contributed by atoms with Crippen LogP contribution >= 0.6 is 0 Å². The Morgan fingerprint density at radius 1 is 1.60 bits per heavy atom. The van der Waals surface area contributed by atoms with Gasteiger partial charge in [0.15, 0.2) is 0 Å². The Hall–Kier alpha value is -1.58. The maximum Gasteiger partial charge on any atom is 0.315 e. The third-order valence-electron chi connectivity index (χ3n) is 2.72. The van der Waals surface area contributed by atoms with Crippen molar-refractivity contribution in [2.75, 3.05) is 25.6 Å². The molecule has 0 N–H and O–H groups in total. The van der Waals surface area contributed by atoms with Gasteiger partial charge in [0.1, 0.15) is 11.7 Å². The second kappa shape index (κ2) is 3.53. The van der Waals surface area contributed by atoms with Gasteiger partial charge in [-0.1, -0.05) is 6.07 Å². The molecule has 0 fully saturated rings. The van der Waals surface area contributed by atoms with E-state index in [1.54, 1.807) is 6.07 Å². The Labute approximate surface area is 87.5 Å². The van der Waals surface area contributed by atoms with Crippen LogP contribution in [-0.2, 0) is 9.53 Å². The Morgan fingerprint density at radius 2 is 2.33 bits per heavy atom. The summed E-state index contributed by atoms with van der Waals surface area (Å²) in [6.45, 7) is 0.547. The van der Waals surface area contributed by atoms with Crippen LogP contribution in [0.2, 0.25) is 0 Å². The summed E-state index contributed by atoms with van der Waals surface area (Å²) in [6.07, 6.45) is 0. The minimum atomic E-state index is -0.296. The fraction of sp³-hybridized carbons (Fsp3) is 0.364. The number of methoxy groups -OCH3 is 1. The van der Waals surface area contributed by atoms with Crippen molar-refractivity contribution in [1.29, 1.82) is 0 Å². The Bertz CT molecular complexity index is 406. The highest BCUT2D eigenvalue weighted by Gasteiger charge is 2.32. The zero-order chi connectivity index (χ0) is 11.0. The lowest BCUT2D eigenvalue weighted by Crippen LogP contribution is -2.21. The van der Waals surface area contributed by atoms with Crippen molar-refractivity contribution in [1.82, 2.24) is 0 Å². The second-order valence-electron chi connectivity index (χ2n) is 3.66. The number of halogens is 1. The van der Waals surface area contributed by atoms with Crippen LogP contribution < -0.4 is 4.90 Å². The summed E-state index contributed by atoms with van der Waals surface area (Å²) in [7, 11) is 3.20. The van der Waals surface area contributed by atoms with Crippen molar-refractivity contribution < 1.29 is 13.9 Å². The summed E-state index contributed by atoms with van der Waals surface area (Å²) in [5.74, 6) is -0.853. The van der Waals surface area contributed by atoms with E-state index >= 15 is 0 Å². The SMILES string of the molecule is COC(=O)C1CN(C)c2cc(F)ccc21. The number of hydrogen-bond donors (Lipinski definition) is 0. The molecule has 4 heteroatoms. The molecular formula is C11H12FNO2. The number of rotatable bonds is 1. The van der Waals surface area contributed by atoms with Crippen LogP contribution in [-0.4, -0.2) is 26.7 Å². The normalized spacial score (nSPS) is 18.9. The summed E-state index contributed by atoms with van der Waals surface area (Å²) in [5.41, 5.74) is 1.61. The summed E-state index contributed by atoms with van der Waals surface area (Å²) >= 11 is 0. The van der Waals surface area contributed by atoms with Gasteiger partial charge in [0, 0.05) is 19.3 Å². The molecule has 1 aliphatic rings. The van der Waals surface area contributed by atoms with Crippen molar-refractivity contribution in [2.24, 2.45) is 0 Å². The van der Waals surface area contributed by atoms with Gasteiger partial charge in [0.25, 0.3) is 0 Å². The van der Waals surface area contributed by atoms with Crippen LogP contribution in [0.3, 0.4) is 0 Å². The van der Waals surface area contributed by atoms with Gasteiger partial charge in [-0.25, -0.2) is 4.39 Å². The van der Waals surface area contributed by atoms with Gasteiger partial charge in [-0.05, 0) is 17.7 Å². The van der Waals surface area contributed by atoms with E-state index in [4.69, 9.17) is 4.74 Å². The lowest BCUT2D eigenvalue weighted by Gasteiger charge is -2.11. The number of carbonyl (C=O) groups is 1. The molecule has 2 rings (SSSR count). The van der Waals surface area contributed by atoms with Crippen LogP contribution in [0.1, 0.15) is 11.5 Å². The van der Waals surface area contributed by atoms with Crippen LogP contribution in [0.5, 0.6) is 0 Å². The van der Waals surface area contributed by atoms with Gasteiger partial charge in [0.2, 0.25) is 0 Å². The van der Waals surface area contributed by atoms with Crippen LogP contribution in [0.15, 0.2) is 18.2 Å². The highest BCUT2D eigenvalue weighted by atomic mass is 19.1. The van der Waals surface area contributed by atoms with Crippen LogP contribution in [0.4, 0.5) is 10.1 Å². The van der Waals surface area contributed by atoms with Gasteiger partial charge in [-0.15, -0.1) is 0 Å². The number of carbonyl (C=O) groups excluding carboxylic acids is 1. The van der Waals surface area contributed by atoms with Crippen LogP contribution in [0.25, 0.3) is 0 Å². The summed E-state index contributed by atoms with van der Waals surface area (Å²) < 4.78 is 17.7. The van der Waals surface area contributed by atoms with Crippen molar-refractivity contribution in [2.45, 2.75) is 5.92 Å². The monoisotopic (exact) mass is 209 g/mol. The van der Waals surface area contributed by atoms with E-state index in [9.17, 15) is 9.18 Å². The minimum absolute atomic E-state index is 0.271. The number of benzene rings is 1. The highest BCUT2D eigenvalue weighted by Crippen LogP contribution is 2.36. The first-order valence-corrected chi connectivity index (χ1v) is 4.72. The third-order valence-corrected chi connectivity index (χ3v) is 2.72. The van der Waals surface area contributed by atoms with Gasteiger partial charge >= 0.3 is 5.97 Å². The molecule has 1 aromatic rings. The Balaban J connectivity index is 2.42. The largest absolute Gasteiger partial charge is 0.468 e. The Morgan fingerprint density at radius 3 is 3.00 bits per heavy atom. The number of fused-ring (bicyclic) bond motifs is 1. The lowest BCUT2D eigenvalue weighted by atomic mass is 10.0. The molecule has 1 heterocycles. The molecule has 80 valence electrons. The minimum Gasteiger partial charge on any atom is -0.468 e. The molecule has 0 radical (unpaired) electrons. The molecule has 1 atom stereocenters. The Kier molecular flexibility index (Phi) is 2.34. The molecule has 0 saturated carbocycles. The lowest BCUT2D eigenvalue weighted by molar-refractivity contribution is -0.142. The van der Waals surface area contributed by atoms with E-state index < -0.39 is 0 Å². The standard InChI is InChI=1S/C11H12FNO2/c1-13-6-9(11(14)15-2)8-4-3-7(12)5-10(8)13/h3-5,9H,6H2,1-2H3. The van der Waals surface area contributed by atoms with E-state index in [1.165, 1.54) is 19.2 Å². The third kappa shape index (κ3) is 1.56. The zero-order valence-electron chi connectivity index (χ0n) is 8.66.